The van der Waals surface area contributed by atoms with Crippen LogP contribution in [0, 0.1) is 0 Å². The zero-order chi connectivity index (χ0) is 22.4. The van der Waals surface area contributed by atoms with E-state index in [1.165, 1.54) is 0 Å². The number of hydrogen-bond acceptors (Lipinski definition) is 3. The summed E-state index contributed by atoms with van der Waals surface area (Å²) in [5.74, 6) is -22.8. The minimum absolute atomic E-state index is 0.373. The SMILES string of the molecule is O=S(=O)(OC(F)(F)C(F)(F)C(F)(F)C(F)(F)C(F)C(F)(F)F)[n+]1ccccc1. The number of rotatable bonds is 7. The lowest BCUT2D eigenvalue weighted by atomic mass is 9.99. The highest BCUT2D eigenvalue weighted by Crippen LogP contribution is 2.56. The van der Waals surface area contributed by atoms with Crippen molar-refractivity contribution >= 4 is 10.3 Å². The number of halogens is 12. The fourth-order valence-corrected chi connectivity index (χ4v) is 2.41. The Morgan fingerprint density at radius 1 is 0.750 bits per heavy atom. The lowest BCUT2D eigenvalue weighted by Gasteiger charge is -2.36. The van der Waals surface area contributed by atoms with Crippen molar-refractivity contribution in [1.29, 1.82) is 0 Å². The minimum Gasteiger partial charge on any atom is -0.230 e. The van der Waals surface area contributed by atoms with Crippen LogP contribution in [0.1, 0.15) is 0 Å². The predicted molar refractivity (Wildman–Crippen MR) is 62.8 cm³/mol. The summed E-state index contributed by atoms with van der Waals surface area (Å²) in [6.45, 7) is 0. The molecule has 0 aliphatic heterocycles. The van der Waals surface area contributed by atoms with Crippen LogP contribution in [0.5, 0.6) is 0 Å². The molecule has 1 atom stereocenters. The smallest absolute Gasteiger partial charge is 0.230 e. The molecule has 0 aliphatic rings. The van der Waals surface area contributed by atoms with Gasteiger partial charge in [0.2, 0.25) is 0 Å². The molecule has 4 nitrogen and oxygen atoms in total. The van der Waals surface area contributed by atoms with Crippen LogP contribution in [0.3, 0.4) is 0 Å². The van der Waals surface area contributed by atoms with Crippen molar-refractivity contribution in [3.8, 4) is 0 Å². The minimum atomic E-state index is -7.74. The molecule has 0 saturated heterocycles. The molecule has 0 amide bonds. The first kappa shape index (κ1) is 24.3. The number of alkyl halides is 12. The zero-order valence-electron chi connectivity index (χ0n) is 12.6. The number of nitrogens with zero attached hydrogens (tertiary/aromatic N) is 1. The van der Waals surface area contributed by atoms with E-state index in [1.807, 2.05) is 0 Å². The summed E-state index contributed by atoms with van der Waals surface area (Å²) >= 11 is 0. The third-order valence-electron chi connectivity index (χ3n) is 2.94. The normalized spacial score (nSPS) is 16.1. The highest BCUT2D eigenvalue weighted by atomic mass is 32.2. The highest BCUT2D eigenvalue weighted by molar-refractivity contribution is 7.80. The van der Waals surface area contributed by atoms with Crippen LogP contribution in [0.4, 0.5) is 52.7 Å². The maximum atomic E-state index is 13.4. The van der Waals surface area contributed by atoms with Crippen molar-refractivity contribution in [3.05, 3.63) is 30.6 Å². The first-order valence-electron chi connectivity index (χ1n) is 6.36. The molecule has 1 aromatic rings. The molecule has 162 valence electrons. The molecule has 0 aliphatic carbocycles. The summed E-state index contributed by atoms with van der Waals surface area (Å²) in [4.78, 5) is 0. The Morgan fingerprint density at radius 2 is 1.18 bits per heavy atom. The number of hydrogen-bond donors (Lipinski definition) is 0. The van der Waals surface area contributed by atoms with Gasteiger partial charge in [-0.1, -0.05) is 10.0 Å². The summed E-state index contributed by atoms with van der Waals surface area (Å²) in [5, 5.41) is 0. The molecule has 0 bridgehead atoms. The van der Waals surface area contributed by atoms with Crippen molar-refractivity contribution in [3.63, 3.8) is 0 Å². The van der Waals surface area contributed by atoms with Gasteiger partial charge in [-0.15, -0.1) is 12.6 Å². The summed E-state index contributed by atoms with van der Waals surface area (Å²) < 4.78 is 179. The van der Waals surface area contributed by atoms with Crippen molar-refractivity contribution in [2.45, 2.75) is 36.2 Å². The van der Waals surface area contributed by atoms with E-state index in [4.69, 9.17) is 0 Å². The molecular formula is C11H6F12NO3S+. The van der Waals surface area contributed by atoms with Crippen molar-refractivity contribution < 1.29 is 69.3 Å². The van der Waals surface area contributed by atoms with E-state index in [-0.39, 0.29) is 3.97 Å². The summed E-state index contributed by atoms with van der Waals surface area (Å²) in [7, 11) is -6.06. The maximum absolute atomic E-state index is 13.4. The average Bonchev–Trinajstić information content (AvgIpc) is 2.52. The lowest BCUT2D eigenvalue weighted by molar-refractivity contribution is -0.529. The Hall–Kier alpha value is -1.78. The average molecular weight is 460 g/mol. The molecule has 28 heavy (non-hydrogen) atoms. The molecule has 0 aromatic carbocycles. The van der Waals surface area contributed by atoms with Crippen molar-refractivity contribution in [2.75, 3.05) is 0 Å². The van der Waals surface area contributed by atoms with E-state index in [2.05, 4.69) is 4.18 Å². The van der Waals surface area contributed by atoms with Gasteiger partial charge in [-0.05, 0) is 0 Å². The van der Waals surface area contributed by atoms with Crippen LogP contribution >= 0.6 is 0 Å². The van der Waals surface area contributed by atoms with Crippen LogP contribution in [0.15, 0.2) is 30.6 Å². The molecule has 0 N–H and O–H groups in total. The number of aromatic nitrogens is 1. The molecule has 1 aromatic heterocycles. The third kappa shape index (κ3) is 3.99. The molecule has 1 rings (SSSR count). The second-order valence-corrected chi connectivity index (χ2v) is 6.38. The van der Waals surface area contributed by atoms with Crippen LogP contribution in [0.2, 0.25) is 0 Å². The van der Waals surface area contributed by atoms with E-state index in [9.17, 15) is 61.1 Å². The molecule has 17 heteroatoms. The molecule has 1 unspecified atom stereocenters. The fraction of sp³-hybridized carbons (Fsp3) is 0.545. The molecule has 0 fully saturated rings. The van der Waals surface area contributed by atoms with Gasteiger partial charge in [0.15, 0.2) is 12.4 Å². The van der Waals surface area contributed by atoms with Crippen LogP contribution in [-0.4, -0.2) is 44.6 Å². The molecule has 1 heterocycles. The van der Waals surface area contributed by atoms with Gasteiger partial charge in [0.05, 0.1) is 0 Å². The Bertz CT molecular complexity index is 793. The number of pyridine rings is 1. The quantitative estimate of drug-likeness (QED) is 0.463. The van der Waals surface area contributed by atoms with E-state index < -0.39 is 46.5 Å². The second-order valence-electron chi connectivity index (χ2n) is 4.94. The Balaban J connectivity index is 3.38. The van der Waals surface area contributed by atoms with E-state index >= 15 is 0 Å². The summed E-state index contributed by atoms with van der Waals surface area (Å²) in [6, 6.07) is 2.68. The summed E-state index contributed by atoms with van der Waals surface area (Å²) in [6.07, 6.45) is -19.1. The highest BCUT2D eigenvalue weighted by Gasteiger charge is 2.86. The van der Waals surface area contributed by atoms with Gasteiger partial charge in [0.1, 0.15) is 0 Å². The third-order valence-corrected chi connectivity index (χ3v) is 4.12. The van der Waals surface area contributed by atoms with Gasteiger partial charge in [-0.3, -0.25) is 0 Å². The van der Waals surface area contributed by atoms with Gasteiger partial charge in [0, 0.05) is 12.1 Å². The lowest BCUT2D eigenvalue weighted by Crippen LogP contribution is -2.68. The van der Waals surface area contributed by atoms with Gasteiger partial charge >= 0.3 is 40.4 Å². The first-order chi connectivity index (χ1) is 12.2. The van der Waals surface area contributed by atoms with Gasteiger partial charge in [0.25, 0.3) is 6.17 Å². The first-order valence-corrected chi connectivity index (χ1v) is 7.73. The fourth-order valence-electron chi connectivity index (χ4n) is 1.52. The maximum Gasteiger partial charge on any atom is 0.519 e. The standard InChI is InChI=1S/C11H6F12NO3S/c12-6(8(15,16)17)7(13,14)9(18,19)10(20,21)11(22,23)27-28(25,26)24-4-2-1-3-5-24/h1-6H/q+1. The topological polar surface area (TPSA) is 47.3 Å². The Kier molecular flexibility index (Phi) is 6.00. The van der Waals surface area contributed by atoms with Gasteiger partial charge in [-0.25, -0.2) is 4.39 Å². The Labute approximate surface area is 147 Å². The van der Waals surface area contributed by atoms with E-state index in [1.54, 1.807) is 0 Å². The van der Waals surface area contributed by atoms with Crippen LogP contribution in [-0.2, 0) is 14.5 Å². The van der Waals surface area contributed by atoms with E-state index in [0.717, 1.165) is 18.2 Å². The van der Waals surface area contributed by atoms with Crippen molar-refractivity contribution in [1.82, 2.24) is 0 Å². The van der Waals surface area contributed by atoms with Crippen LogP contribution < -0.4 is 3.97 Å². The molecule has 0 spiro atoms. The molecule has 0 radical (unpaired) electrons. The largest absolute Gasteiger partial charge is 0.519 e. The van der Waals surface area contributed by atoms with Crippen LogP contribution in [0.25, 0.3) is 0 Å². The summed E-state index contributed by atoms with van der Waals surface area (Å²) in [5.41, 5.74) is 0. The van der Waals surface area contributed by atoms with E-state index in [0.29, 0.717) is 12.4 Å². The second kappa shape index (κ2) is 6.93. The molecule has 0 saturated carbocycles. The monoisotopic (exact) mass is 460 g/mol. The molecular weight excluding hydrogens is 454 g/mol. The zero-order valence-corrected chi connectivity index (χ0v) is 13.4. The van der Waals surface area contributed by atoms with Gasteiger partial charge < -0.3 is 0 Å². The Morgan fingerprint density at radius 3 is 1.57 bits per heavy atom. The van der Waals surface area contributed by atoms with Gasteiger partial charge in [-0.2, -0.15) is 48.3 Å². The predicted octanol–water partition coefficient (Wildman–Crippen LogP) is 3.48. The van der Waals surface area contributed by atoms with Crippen molar-refractivity contribution in [2.24, 2.45) is 0 Å².